The van der Waals surface area contributed by atoms with Gasteiger partial charge in [-0.05, 0) is 51.2 Å². The number of hydrogen-bond acceptors (Lipinski definition) is 6. The van der Waals surface area contributed by atoms with E-state index in [9.17, 15) is 14.0 Å². The zero-order valence-corrected chi connectivity index (χ0v) is 21.4. The normalized spacial score (nSPS) is 24.8. The minimum absolute atomic E-state index is 0.0865. The SMILES string of the molecule is COC(=O)N1CCc2c(nc(C)n2C2C[C@H]3CC[C@@H](C2)N3CC[C@H](NC(C)=O)c2ccc(F)s2)C1. The number of piperidine rings is 1. The molecule has 8 nitrogen and oxygen atoms in total. The number of rotatable bonds is 6. The van der Waals surface area contributed by atoms with Crippen LogP contribution in [0.2, 0.25) is 0 Å². The second kappa shape index (κ2) is 9.89. The number of ether oxygens (including phenoxy) is 1. The first-order valence-corrected chi connectivity index (χ1v) is 13.3. The lowest BCUT2D eigenvalue weighted by molar-refractivity contribution is -0.119. The van der Waals surface area contributed by atoms with Crippen molar-refractivity contribution in [2.45, 2.75) is 83.1 Å². The Labute approximate surface area is 209 Å². The van der Waals surface area contributed by atoms with E-state index in [2.05, 4.69) is 21.7 Å². The number of carbonyl (C=O) groups is 2. The fraction of sp³-hybridized carbons (Fsp3) is 0.640. The largest absolute Gasteiger partial charge is 0.453 e. The van der Waals surface area contributed by atoms with Gasteiger partial charge in [0.1, 0.15) is 5.82 Å². The van der Waals surface area contributed by atoms with Crippen molar-refractivity contribution in [2.75, 3.05) is 20.2 Å². The Hall–Kier alpha value is -2.46. The molecule has 10 heteroatoms. The minimum Gasteiger partial charge on any atom is -0.453 e. The van der Waals surface area contributed by atoms with Gasteiger partial charge in [0.2, 0.25) is 5.91 Å². The predicted octanol–water partition coefficient (Wildman–Crippen LogP) is 3.95. The fourth-order valence-corrected chi connectivity index (χ4v) is 7.27. The van der Waals surface area contributed by atoms with E-state index in [-0.39, 0.29) is 23.2 Å². The summed E-state index contributed by atoms with van der Waals surface area (Å²) in [6, 6.07) is 4.53. The highest BCUT2D eigenvalue weighted by Gasteiger charge is 2.42. The molecule has 0 aliphatic carbocycles. The molecule has 0 radical (unpaired) electrons. The van der Waals surface area contributed by atoms with Gasteiger partial charge < -0.3 is 19.5 Å². The summed E-state index contributed by atoms with van der Waals surface area (Å²) >= 11 is 1.12. The first-order chi connectivity index (χ1) is 16.8. The van der Waals surface area contributed by atoms with E-state index in [1.54, 1.807) is 11.0 Å². The lowest BCUT2D eigenvalue weighted by Gasteiger charge is -2.41. The molecule has 5 rings (SSSR count). The molecule has 2 aromatic heterocycles. The van der Waals surface area contributed by atoms with E-state index < -0.39 is 0 Å². The first-order valence-electron chi connectivity index (χ1n) is 12.5. The molecule has 4 atom stereocenters. The van der Waals surface area contributed by atoms with Crippen molar-refractivity contribution in [2.24, 2.45) is 0 Å². The number of amides is 2. The van der Waals surface area contributed by atoms with Gasteiger partial charge in [-0.1, -0.05) is 0 Å². The molecule has 2 aromatic rings. The zero-order valence-electron chi connectivity index (χ0n) is 20.6. The smallest absolute Gasteiger partial charge is 0.409 e. The van der Waals surface area contributed by atoms with Crippen molar-refractivity contribution in [1.29, 1.82) is 0 Å². The zero-order chi connectivity index (χ0) is 24.7. The van der Waals surface area contributed by atoms with Gasteiger partial charge in [0.25, 0.3) is 0 Å². The quantitative estimate of drug-likeness (QED) is 0.646. The van der Waals surface area contributed by atoms with Crippen molar-refractivity contribution in [3.05, 3.63) is 39.4 Å². The third kappa shape index (κ3) is 4.82. The van der Waals surface area contributed by atoms with Crippen LogP contribution in [-0.2, 0) is 22.5 Å². The number of fused-ring (bicyclic) bond motifs is 3. The molecule has 5 heterocycles. The fourth-order valence-electron chi connectivity index (χ4n) is 6.46. The molecule has 0 aromatic carbocycles. The van der Waals surface area contributed by atoms with Crippen LogP contribution >= 0.6 is 11.3 Å². The van der Waals surface area contributed by atoms with Crippen LogP contribution in [0.15, 0.2) is 12.1 Å². The predicted molar refractivity (Wildman–Crippen MR) is 131 cm³/mol. The molecule has 1 unspecified atom stereocenters. The van der Waals surface area contributed by atoms with E-state index in [1.807, 2.05) is 0 Å². The van der Waals surface area contributed by atoms with Crippen molar-refractivity contribution in [3.8, 4) is 0 Å². The van der Waals surface area contributed by atoms with Gasteiger partial charge in [0, 0.05) is 55.1 Å². The highest BCUT2D eigenvalue weighted by Crippen LogP contribution is 2.43. The van der Waals surface area contributed by atoms with Gasteiger partial charge >= 0.3 is 6.09 Å². The summed E-state index contributed by atoms with van der Waals surface area (Å²) in [6.45, 7) is 5.65. The Balaban J connectivity index is 1.26. The molecule has 35 heavy (non-hydrogen) atoms. The summed E-state index contributed by atoms with van der Waals surface area (Å²) < 4.78 is 21.0. The summed E-state index contributed by atoms with van der Waals surface area (Å²) in [6.07, 6.45) is 5.82. The second-order valence-electron chi connectivity index (χ2n) is 10.00. The van der Waals surface area contributed by atoms with E-state index in [0.29, 0.717) is 31.2 Å². The average molecular weight is 504 g/mol. The monoisotopic (exact) mass is 503 g/mol. The molecular formula is C25H34FN5O3S. The maximum absolute atomic E-state index is 13.6. The average Bonchev–Trinajstić information content (AvgIpc) is 3.47. The molecule has 2 bridgehead atoms. The number of aryl methyl sites for hydroxylation is 1. The van der Waals surface area contributed by atoms with Crippen LogP contribution in [0.5, 0.6) is 0 Å². The summed E-state index contributed by atoms with van der Waals surface area (Å²) in [5.41, 5.74) is 2.27. The number of hydrogen-bond donors (Lipinski definition) is 1. The van der Waals surface area contributed by atoms with Crippen LogP contribution < -0.4 is 5.32 Å². The van der Waals surface area contributed by atoms with Crippen LogP contribution in [-0.4, -0.2) is 63.6 Å². The first kappa shape index (κ1) is 24.2. The molecule has 2 saturated heterocycles. The maximum atomic E-state index is 13.6. The molecule has 0 spiro atoms. The van der Waals surface area contributed by atoms with Gasteiger partial charge in [0.15, 0.2) is 5.13 Å². The summed E-state index contributed by atoms with van der Waals surface area (Å²) in [5.74, 6) is 0.946. The van der Waals surface area contributed by atoms with Gasteiger partial charge in [-0.3, -0.25) is 9.69 Å². The minimum atomic E-state index is -0.294. The number of aromatic nitrogens is 2. The third-order valence-electron chi connectivity index (χ3n) is 7.88. The molecule has 0 saturated carbocycles. The number of nitrogens with one attached hydrogen (secondary N) is 1. The molecule has 2 amide bonds. The van der Waals surface area contributed by atoms with Crippen molar-refractivity contribution in [3.63, 3.8) is 0 Å². The van der Waals surface area contributed by atoms with Crippen molar-refractivity contribution in [1.82, 2.24) is 24.7 Å². The van der Waals surface area contributed by atoms with Gasteiger partial charge in [0.05, 0.1) is 25.4 Å². The lowest BCUT2D eigenvalue weighted by atomic mass is 9.95. The Morgan fingerprint density at radius 2 is 2.00 bits per heavy atom. The standard InChI is InChI=1S/C25H34FN5O3S/c1-15-27-21-14-29(25(33)34-3)10-9-22(21)31(15)19-12-17-4-5-18(13-19)30(17)11-8-20(28-16(2)32)23-6-7-24(26)35-23/h6-7,17-20H,4-5,8-14H2,1-3H3,(H,28,32)/t17-,18+,19?,20-/m0/s1. The van der Waals surface area contributed by atoms with Crippen molar-refractivity contribution >= 4 is 23.3 Å². The summed E-state index contributed by atoms with van der Waals surface area (Å²) in [4.78, 5) is 33.8. The van der Waals surface area contributed by atoms with Gasteiger partial charge in [-0.2, -0.15) is 4.39 Å². The Morgan fingerprint density at radius 3 is 2.63 bits per heavy atom. The third-order valence-corrected chi connectivity index (χ3v) is 8.86. The molecule has 190 valence electrons. The molecule has 2 fully saturated rings. The van der Waals surface area contributed by atoms with E-state index >= 15 is 0 Å². The van der Waals surface area contributed by atoms with E-state index in [4.69, 9.17) is 9.72 Å². The van der Waals surface area contributed by atoms with Gasteiger partial charge in [-0.25, -0.2) is 9.78 Å². The van der Waals surface area contributed by atoms with Crippen LogP contribution in [0, 0.1) is 12.1 Å². The van der Waals surface area contributed by atoms with Gasteiger partial charge in [-0.15, -0.1) is 11.3 Å². The Morgan fingerprint density at radius 1 is 1.26 bits per heavy atom. The molecule has 1 N–H and O–H groups in total. The number of carbonyl (C=O) groups excluding carboxylic acids is 2. The van der Waals surface area contributed by atoms with Crippen LogP contribution in [0.3, 0.4) is 0 Å². The van der Waals surface area contributed by atoms with Crippen molar-refractivity contribution < 1.29 is 18.7 Å². The highest BCUT2D eigenvalue weighted by molar-refractivity contribution is 7.10. The second-order valence-corrected chi connectivity index (χ2v) is 11.1. The number of imidazole rings is 1. The van der Waals surface area contributed by atoms with Crippen LogP contribution in [0.25, 0.3) is 0 Å². The number of halogens is 1. The van der Waals surface area contributed by atoms with Crippen LogP contribution in [0.1, 0.15) is 73.2 Å². The van der Waals surface area contributed by atoms with Crippen LogP contribution in [0.4, 0.5) is 9.18 Å². The molecule has 3 aliphatic rings. The Kier molecular flexibility index (Phi) is 6.85. The summed E-state index contributed by atoms with van der Waals surface area (Å²) in [7, 11) is 1.42. The lowest BCUT2D eigenvalue weighted by Crippen LogP contribution is -2.45. The maximum Gasteiger partial charge on any atom is 0.409 e. The number of methoxy groups -OCH3 is 1. The summed E-state index contributed by atoms with van der Waals surface area (Å²) in [5, 5.41) is 2.80. The van der Waals surface area contributed by atoms with E-state index in [0.717, 1.165) is 60.0 Å². The highest BCUT2D eigenvalue weighted by atomic mass is 32.1. The Bertz CT molecular complexity index is 1090. The molecule has 3 aliphatic heterocycles. The number of thiophene rings is 1. The number of nitrogens with zero attached hydrogens (tertiary/aromatic N) is 4. The molecular weight excluding hydrogens is 469 g/mol. The van der Waals surface area contributed by atoms with E-state index in [1.165, 1.54) is 38.6 Å². The topological polar surface area (TPSA) is 79.7 Å².